The number of hydrogen-bond acceptors (Lipinski definition) is 2. The number of carbonyl (C=O) groups excluding carboxylic acids is 2. The third-order valence-electron chi connectivity index (χ3n) is 3.54. The highest BCUT2D eigenvalue weighted by Crippen LogP contribution is 2.28. The average Bonchev–Trinajstić information content (AvgIpc) is 2.46. The fourth-order valence-corrected chi connectivity index (χ4v) is 2.51. The summed E-state index contributed by atoms with van der Waals surface area (Å²) < 4.78 is 0. The smallest absolute Gasteiger partial charge is 0.248 e. The second kappa shape index (κ2) is 5.79. The van der Waals surface area contributed by atoms with Crippen molar-refractivity contribution in [3.8, 4) is 12.3 Å². The molecule has 1 aromatic rings. The zero-order chi connectivity index (χ0) is 14.7. The van der Waals surface area contributed by atoms with E-state index < -0.39 is 12.1 Å². The standard InChI is InChI=1S/C16H18N2O2/c1-4-13(5-2)18-14(12-9-7-6-8-10-12)15(19)17-11(3)16(18)20/h1,6-11,13-14H,5H2,2-3H3,(H,17,19). The van der Waals surface area contributed by atoms with Gasteiger partial charge >= 0.3 is 0 Å². The predicted molar refractivity (Wildman–Crippen MR) is 76.5 cm³/mol. The van der Waals surface area contributed by atoms with Crippen molar-refractivity contribution in [3.05, 3.63) is 35.9 Å². The molecule has 1 aliphatic heterocycles. The van der Waals surface area contributed by atoms with Crippen LogP contribution in [0.1, 0.15) is 31.9 Å². The van der Waals surface area contributed by atoms with Crippen LogP contribution in [-0.2, 0) is 9.59 Å². The normalized spacial score (nSPS) is 23.9. The van der Waals surface area contributed by atoms with Crippen molar-refractivity contribution in [3.63, 3.8) is 0 Å². The lowest BCUT2D eigenvalue weighted by Crippen LogP contribution is -2.60. The second-order valence-electron chi connectivity index (χ2n) is 4.88. The number of rotatable bonds is 3. The van der Waals surface area contributed by atoms with Gasteiger partial charge in [-0.05, 0) is 18.9 Å². The van der Waals surface area contributed by atoms with E-state index in [4.69, 9.17) is 6.42 Å². The Morgan fingerprint density at radius 2 is 2.00 bits per heavy atom. The zero-order valence-corrected chi connectivity index (χ0v) is 11.7. The van der Waals surface area contributed by atoms with Gasteiger partial charge in [-0.1, -0.05) is 43.2 Å². The summed E-state index contributed by atoms with van der Waals surface area (Å²) in [6.07, 6.45) is 6.15. The Balaban J connectivity index is 2.47. The molecular formula is C16H18N2O2. The maximum atomic E-state index is 12.4. The highest BCUT2D eigenvalue weighted by Gasteiger charge is 2.42. The molecule has 0 saturated carbocycles. The summed E-state index contributed by atoms with van der Waals surface area (Å²) in [6.45, 7) is 3.59. The molecule has 1 N–H and O–H groups in total. The van der Waals surface area contributed by atoms with Crippen molar-refractivity contribution in [2.24, 2.45) is 0 Å². The predicted octanol–water partition coefficient (Wildman–Crippen LogP) is 1.49. The summed E-state index contributed by atoms with van der Waals surface area (Å²) in [5, 5.41) is 2.71. The highest BCUT2D eigenvalue weighted by atomic mass is 16.2. The number of terminal acetylenes is 1. The Bertz CT molecular complexity index is 547. The van der Waals surface area contributed by atoms with Crippen LogP contribution in [0.15, 0.2) is 30.3 Å². The molecular weight excluding hydrogens is 252 g/mol. The van der Waals surface area contributed by atoms with Crippen LogP contribution in [0.4, 0.5) is 0 Å². The lowest BCUT2D eigenvalue weighted by atomic mass is 9.97. The number of nitrogens with zero attached hydrogens (tertiary/aromatic N) is 1. The Labute approximate surface area is 119 Å². The summed E-state index contributed by atoms with van der Waals surface area (Å²) in [5.41, 5.74) is 0.777. The fraction of sp³-hybridized carbons (Fsp3) is 0.375. The third kappa shape index (κ3) is 2.39. The first-order valence-corrected chi connectivity index (χ1v) is 6.73. The van der Waals surface area contributed by atoms with Crippen LogP contribution in [0.3, 0.4) is 0 Å². The molecule has 20 heavy (non-hydrogen) atoms. The van der Waals surface area contributed by atoms with Crippen LogP contribution in [0.5, 0.6) is 0 Å². The van der Waals surface area contributed by atoms with Crippen LogP contribution in [0.2, 0.25) is 0 Å². The molecule has 0 radical (unpaired) electrons. The lowest BCUT2D eigenvalue weighted by molar-refractivity contribution is -0.150. The van der Waals surface area contributed by atoms with Gasteiger partial charge in [-0.25, -0.2) is 0 Å². The monoisotopic (exact) mass is 270 g/mol. The van der Waals surface area contributed by atoms with Gasteiger partial charge in [-0.2, -0.15) is 0 Å². The van der Waals surface area contributed by atoms with Crippen LogP contribution < -0.4 is 5.32 Å². The largest absolute Gasteiger partial charge is 0.342 e. The first-order valence-electron chi connectivity index (χ1n) is 6.73. The van der Waals surface area contributed by atoms with Crippen molar-refractivity contribution in [2.75, 3.05) is 0 Å². The van der Waals surface area contributed by atoms with Crippen LogP contribution in [0, 0.1) is 12.3 Å². The average molecular weight is 270 g/mol. The molecule has 0 spiro atoms. The van der Waals surface area contributed by atoms with E-state index in [2.05, 4.69) is 11.2 Å². The summed E-state index contributed by atoms with van der Waals surface area (Å²) in [5.74, 6) is 2.30. The van der Waals surface area contributed by atoms with Gasteiger partial charge in [0.25, 0.3) is 0 Å². The molecule has 104 valence electrons. The quantitative estimate of drug-likeness (QED) is 0.846. The number of carbonyl (C=O) groups is 2. The van der Waals surface area contributed by atoms with E-state index in [0.29, 0.717) is 6.42 Å². The topological polar surface area (TPSA) is 49.4 Å². The molecule has 1 heterocycles. The molecule has 4 heteroatoms. The van der Waals surface area contributed by atoms with Gasteiger partial charge in [-0.3, -0.25) is 9.59 Å². The van der Waals surface area contributed by atoms with Gasteiger partial charge in [0.05, 0.1) is 6.04 Å². The van der Waals surface area contributed by atoms with Gasteiger partial charge in [0.1, 0.15) is 12.1 Å². The molecule has 1 aliphatic rings. The second-order valence-corrected chi connectivity index (χ2v) is 4.88. The minimum atomic E-state index is -0.652. The van der Waals surface area contributed by atoms with E-state index in [1.165, 1.54) is 0 Å². The van der Waals surface area contributed by atoms with Gasteiger partial charge in [0.2, 0.25) is 11.8 Å². The van der Waals surface area contributed by atoms with E-state index in [1.807, 2.05) is 37.3 Å². The summed E-state index contributed by atoms with van der Waals surface area (Å²) >= 11 is 0. The molecule has 1 saturated heterocycles. The Hall–Kier alpha value is -2.28. The molecule has 3 unspecified atom stereocenters. The van der Waals surface area contributed by atoms with E-state index >= 15 is 0 Å². The third-order valence-corrected chi connectivity index (χ3v) is 3.54. The molecule has 4 nitrogen and oxygen atoms in total. The maximum Gasteiger partial charge on any atom is 0.248 e. The molecule has 0 aliphatic carbocycles. The van der Waals surface area contributed by atoms with E-state index in [-0.39, 0.29) is 17.9 Å². The SMILES string of the molecule is C#CC(CC)N1C(=O)C(C)NC(=O)C1c1ccccc1. The minimum Gasteiger partial charge on any atom is -0.342 e. The number of amides is 2. The highest BCUT2D eigenvalue weighted by molar-refractivity contribution is 5.97. The summed E-state index contributed by atoms with van der Waals surface area (Å²) in [7, 11) is 0. The molecule has 1 fully saturated rings. The van der Waals surface area contributed by atoms with E-state index in [9.17, 15) is 9.59 Å². The molecule has 2 rings (SSSR count). The number of nitrogens with one attached hydrogen (secondary N) is 1. The first kappa shape index (κ1) is 14.1. The van der Waals surface area contributed by atoms with Gasteiger partial charge in [0, 0.05) is 0 Å². The number of hydrogen-bond donors (Lipinski definition) is 1. The van der Waals surface area contributed by atoms with Crippen molar-refractivity contribution in [2.45, 2.75) is 38.4 Å². The number of piperazine rings is 1. The fourth-order valence-electron chi connectivity index (χ4n) is 2.51. The zero-order valence-electron chi connectivity index (χ0n) is 11.7. The van der Waals surface area contributed by atoms with Crippen molar-refractivity contribution in [1.82, 2.24) is 10.2 Å². The summed E-state index contributed by atoms with van der Waals surface area (Å²) in [4.78, 5) is 26.3. The Morgan fingerprint density at radius 1 is 1.35 bits per heavy atom. The summed E-state index contributed by atoms with van der Waals surface area (Å²) in [6, 6.07) is 7.68. The van der Waals surface area contributed by atoms with Crippen LogP contribution >= 0.6 is 0 Å². The van der Waals surface area contributed by atoms with Gasteiger partial charge in [-0.15, -0.1) is 6.42 Å². The molecule has 1 aromatic carbocycles. The molecule has 0 bridgehead atoms. The van der Waals surface area contributed by atoms with Crippen LogP contribution in [0.25, 0.3) is 0 Å². The number of benzene rings is 1. The van der Waals surface area contributed by atoms with E-state index in [0.717, 1.165) is 5.56 Å². The Kier molecular flexibility index (Phi) is 4.09. The van der Waals surface area contributed by atoms with E-state index in [1.54, 1.807) is 11.8 Å². The Morgan fingerprint density at radius 3 is 2.55 bits per heavy atom. The molecule has 2 amide bonds. The maximum absolute atomic E-state index is 12.4. The molecule has 3 atom stereocenters. The van der Waals surface area contributed by atoms with Crippen LogP contribution in [-0.4, -0.2) is 28.8 Å². The minimum absolute atomic E-state index is 0.136. The van der Waals surface area contributed by atoms with Crippen molar-refractivity contribution >= 4 is 11.8 Å². The lowest BCUT2D eigenvalue weighted by Gasteiger charge is -2.40. The van der Waals surface area contributed by atoms with Crippen molar-refractivity contribution < 1.29 is 9.59 Å². The van der Waals surface area contributed by atoms with Gasteiger partial charge in [0.15, 0.2) is 0 Å². The van der Waals surface area contributed by atoms with Gasteiger partial charge < -0.3 is 10.2 Å². The molecule has 0 aromatic heterocycles. The first-order chi connectivity index (χ1) is 9.60. The van der Waals surface area contributed by atoms with Crippen molar-refractivity contribution in [1.29, 1.82) is 0 Å².